The van der Waals surface area contributed by atoms with E-state index in [2.05, 4.69) is 37.2 Å². The lowest BCUT2D eigenvalue weighted by Gasteiger charge is -2.32. The fraction of sp³-hybridized carbons (Fsp3) is 0.316. The first-order chi connectivity index (χ1) is 12.4. The van der Waals surface area contributed by atoms with Crippen molar-refractivity contribution in [1.82, 2.24) is 10.2 Å². The molecule has 1 aliphatic heterocycles. The van der Waals surface area contributed by atoms with Crippen molar-refractivity contribution in [3.05, 3.63) is 62.8 Å². The molecule has 1 heterocycles. The maximum atomic E-state index is 13.2. The van der Waals surface area contributed by atoms with Crippen LogP contribution in [0.5, 0.6) is 0 Å². The summed E-state index contributed by atoms with van der Waals surface area (Å²) in [4.78, 5) is 16.4. The molecule has 2 aromatic rings. The van der Waals surface area contributed by atoms with Crippen molar-refractivity contribution in [2.75, 3.05) is 32.1 Å². The molecule has 0 radical (unpaired) electrons. The van der Waals surface area contributed by atoms with Crippen LogP contribution in [0.15, 0.2) is 51.4 Å². The molecule has 1 N–H and O–H groups in total. The minimum atomic E-state index is -0.249. The summed E-state index contributed by atoms with van der Waals surface area (Å²) in [6, 6.07) is 12.2. The normalized spacial score (nSPS) is 19.4. The Balaban J connectivity index is 1.79. The van der Waals surface area contributed by atoms with Gasteiger partial charge in [-0.05, 0) is 35.9 Å². The Morgan fingerprint density at radius 2 is 1.69 bits per heavy atom. The molecule has 4 nitrogen and oxygen atoms in total. The Kier molecular flexibility index (Phi) is 5.99. The zero-order valence-corrected chi connectivity index (χ0v) is 17.7. The number of likely N-dealkylation sites (N-methyl/N-ethyl adjacent to an activating group) is 1. The highest BCUT2D eigenvalue weighted by molar-refractivity contribution is 9.11. The fourth-order valence-electron chi connectivity index (χ4n) is 3.34. The Hall–Kier alpha value is -1.44. The van der Waals surface area contributed by atoms with Crippen LogP contribution in [0.1, 0.15) is 11.5 Å². The van der Waals surface area contributed by atoms with Gasteiger partial charge in [-0.2, -0.15) is 0 Å². The van der Waals surface area contributed by atoms with Crippen molar-refractivity contribution in [3.63, 3.8) is 0 Å². The number of nitrogens with one attached hydrogen (secondary N) is 1. The average Bonchev–Trinajstić information content (AvgIpc) is 3.09. The summed E-state index contributed by atoms with van der Waals surface area (Å²) >= 11 is 6.91. The van der Waals surface area contributed by atoms with Crippen LogP contribution in [-0.4, -0.2) is 44.2 Å². The quantitative estimate of drug-likeness (QED) is 0.691. The van der Waals surface area contributed by atoms with Crippen molar-refractivity contribution in [2.45, 2.75) is 12.0 Å². The van der Waals surface area contributed by atoms with Crippen LogP contribution in [0.2, 0.25) is 0 Å². The summed E-state index contributed by atoms with van der Waals surface area (Å²) in [5, 5.41) is 3.35. The third-order valence-corrected chi connectivity index (χ3v) is 5.72. The van der Waals surface area contributed by atoms with E-state index in [9.17, 15) is 9.18 Å². The predicted octanol–water partition coefficient (Wildman–Crippen LogP) is 4.59. The van der Waals surface area contributed by atoms with Gasteiger partial charge in [-0.15, -0.1) is 0 Å². The van der Waals surface area contributed by atoms with Gasteiger partial charge in [-0.25, -0.2) is 9.18 Å². The molecule has 1 fully saturated rings. The molecule has 1 aliphatic rings. The van der Waals surface area contributed by atoms with Crippen LogP contribution in [0, 0.1) is 5.82 Å². The van der Waals surface area contributed by atoms with Crippen LogP contribution >= 0.6 is 31.9 Å². The van der Waals surface area contributed by atoms with Crippen LogP contribution in [0.3, 0.4) is 0 Å². The van der Waals surface area contributed by atoms with Gasteiger partial charge in [0.05, 0.1) is 6.04 Å². The Morgan fingerprint density at radius 3 is 2.31 bits per heavy atom. The van der Waals surface area contributed by atoms with Crippen LogP contribution in [0.4, 0.5) is 14.9 Å². The number of rotatable bonds is 3. The first-order valence-electron chi connectivity index (χ1n) is 8.29. The molecule has 2 unspecified atom stereocenters. The number of carbonyl (C=O) groups is 1. The number of urea groups is 1. The monoisotopic (exact) mass is 483 g/mol. The van der Waals surface area contributed by atoms with Crippen LogP contribution in [0.25, 0.3) is 0 Å². The van der Waals surface area contributed by atoms with Crippen molar-refractivity contribution in [3.8, 4) is 0 Å². The van der Waals surface area contributed by atoms with Crippen molar-refractivity contribution >= 4 is 43.6 Å². The van der Waals surface area contributed by atoms with Crippen molar-refractivity contribution in [1.29, 1.82) is 0 Å². The first-order valence-corrected chi connectivity index (χ1v) is 9.88. The third-order valence-electron chi connectivity index (χ3n) is 4.80. The minimum absolute atomic E-state index is 0.00556. The molecular formula is C19H20Br2FN3O. The second-order valence-corrected chi connectivity index (χ2v) is 8.30. The maximum Gasteiger partial charge on any atom is 0.324 e. The van der Waals surface area contributed by atoms with Gasteiger partial charge in [0.15, 0.2) is 0 Å². The standard InChI is InChI=1S/C19H20Br2FN3O/c1-24(16-8-13(20)7-14(21)9-16)19(26)25(2)18-11-23-10-17(18)12-3-5-15(22)6-4-12/h3-9,17-18,23H,10-11H2,1-2H3. The second-order valence-electron chi connectivity index (χ2n) is 6.46. The van der Waals surface area contributed by atoms with Gasteiger partial charge in [-0.3, -0.25) is 4.90 Å². The molecule has 0 aromatic heterocycles. The number of carbonyl (C=O) groups excluding carboxylic acids is 1. The summed E-state index contributed by atoms with van der Waals surface area (Å²) in [6.45, 7) is 1.47. The van der Waals surface area contributed by atoms with Gasteiger partial charge in [-0.1, -0.05) is 44.0 Å². The molecule has 0 spiro atoms. The van der Waals surface area contributed by atoms with Crippen molar-refractivity contribution < 1.29 is 9.18 Å². The second kappa shape index (κ2) is 8.06. The van der Waals surface area contributed by atoms with E-state index in [1.165, 1.54) is 12.1 Å². The molecule has 2 amide bonds. The van der Waals surface area contributed by atoms with Gasteiger partial charge in [0, 0.05) is 47.7 Å². The topological polar surface area (TPSA) is 35.6 Å². The zero-order valence-electron chi connectivity index (χ0n) is 14.5. The first kappa shape index (κ1) is 19.3. The molecule has 3 rings (SSSR count). The van der Waals surface area contributed by atoms with E-state index >= 15 is 0 Å². The van der Waals surface area contributed by atoms with E-state index in [1.54, 1.807) is 29.0 Å². The van der Waals surface area contributed by atoms with Gasteiger partial charge in [0.1, 0.15) is 5.82 Å². The predicted molar refractivity (Wildman–Crippen MR) is 109 cm³/mol. The molecule has 138 valence electrons. The summed E-state index contributed by atoms with van der Waals surface area (Å²) in [7, 11) is 3.59. The van der Waals surface area contributed by atoms with Crippen LogP contribution < -0.4 is 10.2 Å². The fourth-order valence-corrected chi connectivity index (χ4v) is 4.61. The summed E-state index contributed by atoms with van der Waals surface area (Å²) in [5.74, 6) is -0.118. The third kappa shape index (κ3) is 4.10. The number of hydrogen-bond donors (Lipinski definition) is 1. The smallest absolute Gasteiger partial charge is 0.322 e. The number of halogens is 3. The molecule has 26 heavy (non-hydrogen) atoms. The van der Waals surface area contributed by atoms with E-state index in [1.807, 2.05) is 25.2 Å². The van der Waals surface area contributed by atoms with E-state index in [4.69, 9.17) is 0 Å². The van der Waals surface area contributed by atoms with Gasteiger partial charge in [0.2, 0.25) is 0 Å². The molecule has 2 aromatic carbocycles. The maximum absolute atomic E-state index is 13.2. The molecule has 2 atom stereocenters. The highest BCUT2D eigenvalue weighted by atomic mass is 79.9. The van der Waals surface area contributed by atoms with E-state index in [0.717, 1.165) is 26.7 Å². The molecular weight excluding hydrogens is 465 g/mol. The lowest BCUT2D eigenvalue weighted by Crippen LogP contribution is -2.47. The van der Waals surface area contributed by atoms with Gasteiger partial charge >= 0.3 is 6.03 Å². The number of nitrogens with zero attached hydrogens (tertiary/aromatic N) is 2. The lowest BCUT2D eigenvalue weighted by molar-refractivity contribution is 0.197. The average molecular weight is 485 g/mol. The molecule has 1 saturated heterocycles. The molecule has 0 saturated carbocycles. The minimum Gasteiger partial charge on any atom is -0.322 e. The van der Waals surface area contributed by atoms with E-state index in [0.29, 0.717) is 6.54 Å². The Morgan fingerprint density at radius 1 is 1.08 bits per heavy atom. The van der Waals surface area contributed by atoms with Crippen molar-refractivity contribution in [2.24, 2.45) is 0 Å². The number of hydrogen-bond acceptors (Lipinski definition) is 2. The number of benzene rings is 2. The number of anilines is 1. The van der Waals surface area contributed by atoms with Crippen LogP contribution in [-0.2, 0) is 0 Å². The molecule has 0 bridgehead atoms. The highest BCUT2D eigenvalue weighted by Crippen LogP contribution is 2.29. The Labute approximate surface area is 169 Å². The largest absolute Gasteiger partial charge is 0.324 e. The van der Waals surface area contributed by atoms with Gasteiger partial charge in [0.25, 0.3) is 0 Å². The molecule has 7 heteroatoms. The summed E-state index contributed by atoms with van der Waals surface area (Å²) in [5.41, 5.74) is 1.83. The molecule has 0 aliphatic carbocycles. The zero-order chi connectivity index (χ0) is 18.8. The summed E-state index contributed by atoms with van der Waals surface area (Å²) < 4.78 is 15.0. The lowest BCUT2D eigenvalue weighted by atomic mass is 9.93. The Bertz CT molecular complexity index is 780. The van der Waals surface area contributed by atoms with Gasteiger partial charge < -0.3 is 10.2 Å². The highest BCUT2D eigenvalue weighted by Gasteiger charge is 2.35. The van der Waals surface area contributed by atoms with E-state index in [-0.39, 0.29) is 23.8 Å². The van der Waals surface area contributed by atoms with E-state index < -0.39 is 0 Å². The summed E-state index contributed by atoms with van der Waals surface area (Å²) in [6.07, 6.45) is 0. The SMILES string of the molecule is CN(C(=O)N(C)C1CNCC1c1ccc(F)cc1)c1cc(Br)cc(Br)c1. The number of amides is 2.